The maximum atomic E-state index is 13.7. The quantitative estimate of drug-likeness (QED) is 0.113. The molecule has 0 fully saturated rings. The molecule has 0 aromatic heterocycles. The highest BCUT2D eigenvalue weighted by molar-refractivity contribution is 6.38. The topological polar surface area (TPSA) is 148 Å². The minimum atomic E-state index is -0.748. The van der Waals surface area contributed by atoms with Gasteiger partial charge in [-0.2, -0.15) is 0 Å². The number of halogens is 6. The summed E-state index contributed by atoms with van der Waals surface area (Å²) < 4.78 is 0. The number of rotatable bonds is 8. The molecule has 0 radical (unpaired) electrons. The summed E-state index contributed by atoms with van der Waals surface area (Å²) in [6.07, 6.45) is 0. The molecule has 0 spiro atoms. The van der Waals surface area contributed by atoms with Crippen molar-refractivity contribution in [3.63, 3.8) is 0 Å². The normalized spacial score (nSPS) is 11.5. The number of azo groups is 2. The largest absolute Gasteiger partial charge is 0.505 e. The van der Waals surface area contributed by atoms with Crippen molar-refractivity contribution < 1.29 is 19.8 Å². The van der Waals surface area contributed by atoms with E-state index in [-0.39, 0.29) is 65.3 Å². The van der Waals surface area contributed by atoms with Crippen LogP contribution in [-0.2, 0) is 0 Å². The number of phenolic OH excluding ortho intramolecular Hbond substituents is 2. The lowest BCUT2D eigenvalue weighted by molar-refractivity contribution is 0.101. The minimum Gasteiger partial charge on any atom is -0.505 e. The SMILES string of the molecule is O=C(Nc1cc(Cl)c(NC(=O)c2cc3ccccc3c(N=Nc3cc(Cl)ccc3Cl)c2O)cc1Cl)c1cc2ccccc2c(N=Nc2cc(Cl)ccc2Cl)c1O. The molecule has 0 aliphatic rings. The number of benzene rings is 7. The molecule has 278 valence electrons. The van der Waals surface area contributed by atoms with E-state index in [9.17, 15) is 19.8 Å². The van der Waals surface area contributed by atoms with Crippen LogP contribution in [0.5, 0.6) is 11.5 Å². The van der Waals surface area contributed by atoms with Gasteiger partial charge in [-0.25, -0.2) is 0 Å². The summed E-state index contributed by atoms with van der Waals surface area (Å²) >= 11 is 37.9. The number of nitrogens with zero attached hydrogens (tertiary/aromatic N) is 4. The Morgan fingerprint density at radius 3 is 1.27 bits per heavy atom. The third-order valence-electron chi connectivity index (χ3n) is 8.36. The molecule has 56 heavy (non-hydrogen) atoms. The Hall–Kier alpha value is -5.46. The Morgan fingerprint density at radius 1 is 0.464 bits per heavy atom. The molecule has 0 bridgehead atoms. The predicted octanol–water partition coefficient (Wildman–Crippen LogP) is 14.7. The van der Waals surface area contributed by atoms with Crippen molar-refractivity contribution in [3.05, 3.63) is 150 Å². The van der Waals surface area contributed by atoms with Gasteiger partial charge < -0.3 is 20.8 Å². The zero-order valence-electron chi connectivity index (χ0n) is 28.2. The highest BCUT2D eigenvalue weighted by Crippen LogP contribution is 2.43. The van der Waals surface area contributed by atoms with Gasteiger partial charge >= 0.3 is 0 Å². The fourth-order valence-electron chi connectivity index (χ4n) is 5.63. The first-order chi connectivity index (χ1) is 26.9. The van der Waals surface area contributed by atoms with Gasteiger partial charge in [0, 0.05) is 20.8 Å². The maximum absolute atomic E-state index is 13.7. The van der Waals surface area contributed by atoms with E-state index in [1.165, 1.54) is 36.4 Å². The number of carbonyl (C=O) groups excluding carboxylic acids is 2. The van der Waals surface area contributed by atoms with Crippen molar-refractivity contribution >= 4 is 137 Å². The van der Waals surface area contributed by atoms with Gasteiger partial charge in [-0.15, -0.1) is 20.5 Å². The number of hydrogen-bond acceptors (Lipinski definition) is 8. The first-order valence-electron chi connectivity index (χ1n) is 16.2. The van der Waals surface area contributed by atoms with Crippen LogP contribution in [0.1, 0.15) is 20.7 Å². The summed E-state index contributed by atoms with van der Waals surface area (Å²) in [5.74, 6) is -2.41. The molecule has 0 saturated carbocycles. The Bertz CT molecular complexity index is 2620. The number of carbonyl (C=O) groups is 2. The fourth-order valence-corrected chi connectivity index (χ4v) is 6.70. The zero-order valence-corrected chi connectivity index (χ0v) is 32.7. The molecule has 2 amide bonds. The second kappa shape index (κ2) is 16.3. The lowest BCUT2D eigenvalue weighted by Crippen LogP contribution is -2.14. The van der Waals surface area contributed by atoms with E-state index in [4.69, 9.17) is 69.6 Å². The average molecular weight is 863 g/mol. The number of nitrogens with one attached hydrogen (secondary N) is 2. The number of anilines is 2. The van der Waals surface area contributed by atoms with Gasteiger partial charge in [-0.3, -0.25) is 9.59 Å². The summed E-state index contributed by atoms with van der Waals surface area (Å²) in [5, 5.41) is 48.3. The first-order valence-corrected chi connectivity index (χ1v) is 18.5. The highest BCUT2D eigenvalue weighted by atomic mass is 35.5. The van der Waals surface area contributed by atoms with Gasteiger partial charge in [-0.1, -0.05) is 118 Å². The van der Waals surface area contributed by atoms with Crippen LogP contribution >= 0.6 is 69.6 Å². The molecule has 0 atom stereocenters. The molecule has 10 nitrogen and oxygen atoms in total. The molecule has 7 aromatic carbocycles. The van der Waals surface area contributed by atoms with E-state index in [2.05, 4.69) is 31.1 Å². The molecule has 0 heterocycles. The van der Waals surface area contributed by atoms with Crippen molar-refractivity contribution in [2.45, 2.75) is 0 Å². The molecule has 7 aromatic rings. The van der Waals surface area contributed by atoms with Crippen LogP contribution in [0.3, 0.4) is 0 Å². The van der Waals surface area contributed by atoms with Crippen LogP contribution in [-0.4, -0.2) is 22.0 Å². The Labute approximate surface area is 347 Å². The number of phenols is 2. The lowest BCUT2D eigenvalue weighted by atomic mass is 10.0. The molecule has 0 aliphatic heterocycles. The van der Waals surface area contributed by atoms with E-state index >= 15 is 0 Å². The Morgan fingerprint density at radius 2 is 0.857 bits per heavy atom. The van der Waals surface area contributed by atoms with Crippen LogP contribution in [0.2, 0.25) is 30.1 Å². The van der Waals surface area contributed by atoms with Crippen molar-refractivity contribution in [1.82, 2.24) is 0 Å². The monoisotopic (exact) mass is 860 g/mol. The summed E-state index contributed by atoms with van der Waals surface area (Å²) in [4.78, 5) is 27.3. The van der Waals surface area contributed by atoms with Crippen molar-refractivity contribution in [1.29, 1.82) is 0 Å². The lowest BCUT2D eigenvalue weighted by Gasteiger charge is -2.15. The molecule has 4 N–H and O–H groups in total. The summed E-state index contributed by atoms with van der Waals surface area (Å²) in [7, 11) is 0. The van der Waals surface area contributed by atoms with Crippen LogP contribution in [0.4, 0.5) is 34.1 Å². The first kappa shape index (κ1) is 38.8. The number of hydrogen-bond donors (Lipinski definition) is 4. The van der Waals surface area contributed by atoms with Crippen LogP contribution < -0.4 is 10.6 Å². The predicted molar refractivity (Wildman–Crippen MR) is 225 cm³/mol. The van der Waals surface area contributed by atoms with Crippen molar-refractivity contribution in [3.8, 4) is 11.5 Å². The summed E-state index contributed by atoms with van der Waals surface area (Å²) in [6, 6.07) is 28.9. The minimum absolute atomic E-state index is 0.00976. The molecule has 16 heteroatoms. The second-order valence-electron chi connectivity index (χ2n) is 12.0. The van der Waals surface area contributed by atoms with E-state index in [0.717, 1.165) is 0 Å². The molecule has 0 saturated heterocycles. The number of aromatic hydroxyl groups is 2. The van der Waals surface area contributed by atoms with E-state index < -0.39 is 23.3 Å². The van der Waals surface area contributed by atoms with Crippen LogP contribution in [0.15, 0.2) is 130 Å². The molecule has 7 rings (SSSR count). The number of fused-ring (bicyclic) bond motifs is 2. The van der Waals surface area contributed by atoms with Crippen LogP contribution in [0.25, 0.3) is 21.5 Å². The van der Waals surface area contributed by atoms with Gasteiger partial charge in [0.2, 0.25) is 0 Å². The number of amides is 2. The fraction of sp³-hybridized carbons (Fsp3) is 0. The van der Waals surface area contributed by atoms with Gasteiger partial charge in [0.25, 0.3) is 11.8 Å². The summed E-state index contributed by atoms with van der Waals surface area (Å²) in [6.45, 7) is 0. The van der Waals surface area contributed by atoms with E-state index in [1.54, 1.807) is 72.8 Å². The third kappa shape index (κ3) is 8.08. The van der Waals surface area contributed by atoms with Crippen molar-refractivity contribution in [2.75, 3.05) is 10.6 Å². The highest BCUT2D eigenvalue weighted by Gasteiger charge is 2.23. The van der Waals surface area contributed by atoms with Gasteiger partial charge in [0.05, 0.1) is 42.6 Å². The standard InChI is InChI=1S/C40H22Cl6N6O4/c41-21-9-11-27(43)33(15-21)49-51-35-23-7-3-1-5-19(23)13-25(37(35)53)39(55)47-31-17-30(46)32(18-29(31)45)48-40(56)26-14-20-6-2-4-8-24(20)36(38(26)54)52-50-34-16-22(42)10-12-28(34)44/h1-18,53-54H,(H,47,55)(H,48,56). The average Bonchev–Trinajstić information content (AvgIpc) is 3.18. The van der Waals surface area contributed by atoms with Gasteiger partial charge in [0.1, 0.15) is 22.7 Å². The molecule has 0 unspecified atom stereocenters. The summed E-state index contributed by atoms with van der Waals surface area (Å²) in [5.41, 5.74) is 0.393. The third-order valence-corrected chi connectivity index (χ3v) is 10.1. The molecular formula is C40H22Cl6N6O4. The smallest absolute Gasteiger partial charge is 0.259 e. The molecular weight excluding hydrogens is 841 g/mol. The van der Waals surface area contributed by atoms with Gasteiger partial charge in [-0.05, 0) is 71.4 Å². The second-order valence-corrected chi connectivity index (χ2v) is 14.5. The zero-order chi connectivity index (χ0) is 39.7. The maximum Gasteiger partial charge on any atom is 0.259 e. The van der Waals surface area contributed by atoms with E-state index in [1.807, 2.05) is 0 Å². The Kier molecular flexibility index (Phi) is 11.3. The van der Waals surface area contributed by atoms with Gasteiger partial charge in [0.15, 0.2) is 11.5 Å². The van der Waals surface area contributed by atoms with Crippen molar-refractivity contribution in [2.24, 2.45) is 20.5 Å². The molecule has 0 aliphatic carbocycles. The van der Waals surface area contributed by atoms with Crippen LogP contribution in [0, 0.1) is 0 Å². The van der Waals surface area contributed by atoms with E-state index in [0.29, 0.717) is 31.6 Å². The Balaban J connectivity index is 1.17.